The van der Waals surface area contributed by atoms with Crippen molar-refractivity contribution in [1.82, 2.24) is 10.2 Å². The number of hydrogen-bond acceptors (Lipinski definition) is 7. The number of nitrogens with one attached hydrogen (secondary N) is 1. The molecule has 168 valence electrons. The molecule has 1 saturated heterocycles. The Bertz CT molecular complexity index is 1110. The van der Waals surface area contributed by atoms with Gasteiger partial charge in [0.25, 0.3) is 0 Å². The fourth-order valence-electron chi connectivity index (χ4n) is 6.67. The fraction of sp³-hybridized carbons (Fsp3) is 0.458. The largest absolute Gasteiger partial charge is 0.504 e. The molecule has 1 spiro atoms. The number of phenols is 1. The summed E-state index contributed by atoms with van der Waals surface area (Å²) in [6.07, 6.45) is 6.39. The van der Waals surface area contributed by atoms with Crippen molar-refractivity contribution in [3.05, 3.63) is 53.5 Å². The molecule has 0 radical (unpaired) electrons. The van der Waals surface area contributed by atoms with E-state index in [2.05, 4.69) is 5.32 Å². The predicted octanol–water partition coefficient (Wildman–Crippen LogP) is 1.46. The Morgan fingerprint density at radius 1 is 1.31 bits per heavy atom. The van der Waals surface area contributed by atoms with Crippen molar-refractivity contribution >= 4 is 12.0 Å². The second kappa shape index (κ2) is 6.60. The van der Waals surface area contributed by atoms with Crippen LogP contribution in [0.1, 0.15) is 42.1 Å². The molecule has 6 rings (SSSR count). The number of piperidine rings is 1. The van der Waals surface area contributed by atoms with E-state index < -0.39 is 29.3 Å². The van der Waals surface area contributed by atoms with Gasteiger partial charge in [0.15, 0.2) is 11.5 Å². The van der Waals surface area contributed by atoms with Crippen molar-refractivity contribution in [2.45, 2.75) is 54.6 Å². The maximum Gasteiger partial charge on any atom is 0.246 e. The molecule has 8 heteroatoms. The summed E-state index contributed by atoms with van der Waals surface area (Å²) in [6, 6.07) is 4.19. The van der Waals surface area contributed by atoms with E-state index >= 15 is 0 Å². The van der Waals surface area contributed by atoms with Gasteiger partial charge in [0, 0.05) is 24.3 Å². The van der Waals surface area contributed by atoms with Gasteiger partial charge < -0.3 is 34.7 Å². The zero-order valence-electron chi connectivity index (χ0n) is 17.7. The Kier molecular flexibility index (Phi) is 4.09. The normalized spacial score (nSPS) is 36.6. The number of furan rings is 1. The number of carbonyl (C=O) groups excluding carboxylic acids is 1. The zero-order valence-corrected chi connectivity index (χ0v) is 17.7. The van der Waals surface area contributed by atoms with Gasteiger partial charge in [0.1, 0.15) is 6.10 Å². The molecule has 1 saturated carbocycles. The third-order valence-electron chi connectivity index (χ3n) is 8.13. The van der Waals surface area contributed by atoms with Gasteiger partial charge in [0.05, 0.1) is 41.7 Å². The smallest absolute Gasteiger partial charge is 0.246 e. The van der Waals surface area contributed by atoms with Crippen LogP contribution in [0.5, 0.6) is 11.5 Å². The highest BCUT2D eigenvalue weighted by Gasteiger charge is 2.73. The third-order valence-corrected chi connectivity index (χ3v) is 8.13. The number of amides is 1. The Labute approximate surface area is 185 Å². The number of hydrogen-bond donors (Lipinski definition) is 4. The minimum Gasteiger partial charge on any atom is -0.504 e. The second-order valence-corrected chi connectivity index (χ2v) is 9.38. The van der Waals surface area contributed by atoms with E-state index in [0.29, 0.717) is 42.7 Å². The highest BCUT2D eigenvalue weighted by molar-refractivity contribution is 5.92. The highest BCUT2D eigenvalue weighted by atomic mass is 16.5. The van der Waals surface area contributed by atoms with E-state index in [1.54, 1.807) is 42.7 Å². The summed E-state index contributed by atoms with van der Waals surface area (Å²) in [5, 5.41) is 37.0. The minimum atomic E-state index is -1.24. The van der Waals surface area contributed by atoms with Crippen LogP contribution in [0.3, 0.4) is 0 Å². The van der Waals surface area contributed by atoms with E-state index in [0.717, 1.165) is 5.56 Å². The van der Waals surface area contributed by atoms with Crippen molar-refractivity contribution in [2.24, 2.45) is 0 Å². The van der Waals surface area contributed by atoms with Gasteiger partial charge in [-0.1, -0.05) is 6.07 Å². The van der Waals surface area contributed by atoms with Crippen LogP contribution in [0, 0.1) is 0 Å². The number of rotatable bonds is 3. The van der Waals surface area contributed by atoms with Gasteiger partial charge in [-0.05, 0) is 49.6 Å². The third kappa shape index (κ3) is 2.29. The Morgan fingerprint density at radius 2 is 2.16 bits per heavy atom. The number of carbonyl (C=O) groups is 1. The molecule has 2 fully saturated rings. The first-order valence-electron chi connectivity index (χ1n) is 11.0. The van der Waals surface area contributed by atoms with Crippen LogP contribution in [-0.4, -0.2) is 63.5 Å². The molecule has 4 N–H and O–H groups in total. The number of aliphatic hydroxyl groups excluding tert-OH is 1. The number of aromatic hydroxyl groups is 1. The Morgan fingerprint density at radius 3 is 2.94 bits per heavy atom. The van der Waals surface area contributed by atoms with E-state index in [1.807, 2.05) is 0 Å². The summed E-state index contributed by atoms with van der Waals surface area (Å²) in [6.45, 7) is 0.600. The maximum absolute atomic E-state index is 13.0. The number of nitrogens with zero attached hydrogens (tertiary/aromatic N) is 1. The standard InChI is InChI=1S/C24H26N2O6/c1-26(17(28)5-2-13-7-11-31-12-13)15-6-8-24(30)21-19(29)14-3-4-16(27)20-18(14)23(24,9-10-25-21)22(15)32-20/h2-5,7,11-12,15,19,21-22,25,27,29-30H,6,8-10H2,1H3/b5-2+/t15-,19+,21-,22+,23+,24-/m1/s1. The van der Waals surface area contributed by atoms with Gasteiger partial charge >= 0.3 is 0 Å². The number of likely N-dealkylation sites (N-methyl/N-ethyl adjacent to an activating group) is 1. The molecule has 6 atom stereocenters. The highest BCUT2D eigenvalue weighted by Crippen LogP contribution is 2.66. The lowest BCUT2D eigenvalue weighted by Crippen LogP contribution is -2.78. The molecule has 1 aromatic heterocycles. The first-order valence-corrected chi connectivity index (χ1v) is 11.0. The van der Waals surface area contributed by atoms with Crippen LogP contribution in [-0.2, 0) is 10.2 Å². The van der Waals surface area contributed by atoms with Crippen molar-refractivity contribution < 1.29 is 29.3 Å². The topological polar surface area (TPSA) is 115 Å². The second-order valence-electron chi connectivity index (χ2n) is 9.38. The molecule has 4 aliphatic rings. The number of ether oxygens (including phenoxy) is 1. The molecule has 1 amide bonds. The molecule has 3 heterocycles. The fourth-order valence-corrected chi connectivity index (χ4v) is 6.67. The zero-order chi connectivity index (χ0) is 22.3. The van der Waals surface area contributed by atoms with Crippen LogP contribution >= 0.6 is 0 Å². The first-order chi connectivity index (χ1) is 15.4. The van der Waals surface area contributed by atoms with E-state index in [-0.39, 0.29) is 17.7 Å². The average Bonchev–Trinajstić information content (AvgIpc) is 3.41. The summed E-state index contributed by atoms with van der Waals surface area (Å²) in [7, 11) is 1.75. The molecule has 8 nitrogen and oxygen atoms in total. The van der Waals surface area contributed by atoms with Gasteiger partial charge in [-0.3, -0.25) is 4.79 Å². The minimum absolute atomic E-state index is 0.00774. The average molecular weight is 438 g/mol. The quantitative estimate of drug-likeness (QED) is 0.536. The molecule has 32 heavy (non-hydrogen) atoms. The molecular weight excluding hydrogens is 412 g/mol. The SMILES string of the molecule is CN(C(=O)/C=C/c1ccoc1)[C@@H]1CC[C@@]2(O)[C@@H]3NCC[C@@]24c2c(ccc(O)c2O[C@@H]14)[C@@H]3O. The predicted molar refractivity (Wildman–Crippen MR) is 114 cm³/mol. The van der Waals surface area contributed by atoms with E-state index in [9.17, 15) is 20.1 Å². The van der Waals surface area contributed by atoms with Crippen LogP contribution in [0.4, 0.5) is 0 Å². The lowest BCUT2D eigenvalue weighted by atomic mass is 9.48. The maximum atomic E-state index is 13.0. The van der Waals surface area contributed by atoms with Crippen molar-refractivity contribution in [2.75, 3.05) is 13.6 Å². The molecule has 2 aromatic rings. The molecule has 1 aromatic carbocycles. The van der Waals surface area contributed by atoms with E-state index in [1.165, 1.54) is 12.1 Å². The van der Waals surface area contributed by atoms with Crippen LogP contribution in [0.15, 0.2) is 41.2 Å². The van der Waals surface area contributed by atoms with Gasteiger partial charge in [0.2, 0.25) is 5.91 Å². The van der Waals surface area contributed by atoms with Crippen LogP contribution in [0.25, 0.3) is 6.08 Å². The number of phenolic OH excluding ortho intramolecular Hbond substituents is 1. The van der Waals surface area contributed by atoms with Crippen molar-refractivity contribution in [3.8, 4) is 11.5 Å². The van der Waals surface area contributed by atoms with Gasteiger partial charge in [-0.15, -0.1) is 0 Å². The number of aliphatic hydroxyl groups is 2. The summed E-state index contributed by atoms with van der Waals surface area (Å²) in [5.41, 5.74) is 0.127. The molecular formula is C24H26N2O6. The van der Waals surface area contributed by atoms with Crippen molar-refractivity contribution in [3.63, 3.8) is 0 Å². The van der Waals surface area contributed by atoms with Crippen LogP contribution < -0.4 is 10.1 Å². The summed E-state index contributed by atoms with van der Waals surface area (Å²) in [4.78, 5) is 14.7. The van der Waals surface area contributed by atoms with Crippen LogP contribution in [0.2, 0.25) is 0 Å². The molecule has 2 aliphatic carbocycles. The first kappa shape index (κ1) is 19.8. The monoisotopic (exact) mass is 438 g/mol. The molecule has 2 bridgehead atoms. The molecule has 2 aliphatic heterocycles. The number of benzene rings is 1. The summed E-state index contributed by atoms with van der Waals surface area (Å²) < 4.78 is 11.4. The Hall–Kier alpha value is -2.81. The van der Waals surface area contributed by atoms with E-state index in [4.69, 9.17) is 9.15 Å². The Balaban J connectivity index is 1.43. The summed E-state index contributed by atoms with van der Waals surface area (Å²) >= 11 is 0. The lowest BCUT2D eigenvalue weighted by Gasteiger charge is -2.63. The molecule has 0 unspecified atom stereocenters. The van der Waals surface area contributed by atoms with Gasteiger partial charge in [-0.2, -0.15) is 0 Å². The van der Waals surface area contributed by atoms with Crippen molar-refractivity contribution in [1.29, 1.82) is 0 Å². The lowest BCUT2D eigenvalue weighted by molar-refractivity contribution is -0.190. The van der Waals surface area contributed by atoms with Gasteiger partial charge in [-0.25, -0.2) is 0 Å². The summed E-state index contributed by atoms with van der Waals surface area (Å²) in [5.74, 6) is 0.141.